The molecule has 0 radical (unpaired) electrons. The van der Waals surface area contributed by atoms with Gasteiger partial charge in [0.2, 0.25) is 0 Å². The largest absolute Gasteiger partial charge is 0.464 e. The van der Waals surface area contributed by atoms with Crippen molar-refractivity contribution in [2.45, 2.75) is 0 Å². The molecule has 0 spiro atoms. The van der Waals surface area contributed by atoms with E-state index in [1.807, 2.05) is 6.07 Å². The van der Waals surface area contributed by atoms with Gasteiger partial charge in [0.15, 0.2) is 5.78 Å². The summed E-state index contributed by atoms with van der Waals surface area (Å²) in [4.78, 5) is 24.1. The second-order valence-electron chi connectivity index (χ2n) is 4.70. The average molecular weight is 324 g/mol. The van der Waals surface area contributed by atoms with Gasteiger partial charge in [0, 0.05) is 11.6 Å². The van der Waals surface area contributed by atoms with Crippen molar-refractivity contribution in [1.29, 1.82) is 5.26 Å². The number of nitrogens with zero attached hydrogens (tertiary/aromatic N) is 1. The first-order chi connectivity index (χ1) is 11.5. The standard InChI is InChI=1S/C18H13FN2O3/c1-24-18(23)16(21-15-5-3-2-4-13(15)11-20)10-17(22)12-6-8-14(19)9-7-12/h2-10,21H,1H3/b16-10-. The molecule has 0 heterocycles. The van der Waals surface area contributed by atoms with Crippen LogP contribution in [0.25, 0.3) is 0 Å². The summed E-state index contributed by atoms with van der Waals surface area (Å²) in [7, 11) is 1.18. The van der Waals surface area contributed by atoms with E-state index in [0.29, 0.717) is 11.3 Å². The number of nitriles is 1. The van der Waals surface area contributed by atoms with Gasteiger partial charge < -0.3 is 10.1 Å². The molecule has 24 heavy (non-hydrogen) atoms. The third kappa shape index (κ3) is 4.05. The predicted octanol–water partition coefficient (Wildman–Crippen LogP) is 3.05. The van der Waals surface area contributed by atoms with E-state index >= 15 is 0 Å². The molecule has 120 valence electrons. The maximum Gasteiger partial charge on any atom is 0.354 e. The first-order valence-corrected chi connectivity index (χ1v) is 6.91. The smallest absolute Gasteiger partial charge is 0.354 e. The van der Waals surface area contributed by atoms with E-state index in [9.17, 15) is 14.0 Å². The lowest BCUT2D eigenvalue weighted by molar-refractivity contribution is -0.135. The zero-order valence-corrected chi connectivity index (χ0v) is 12.7. The normalized spacial score (nSPS) is 10.6. The molecule has 0 saturated heterocycles. The number of nitrogens with one attached hydrogen (secondary N) is 1. The molecule has 2 aromatic rings. The van der Waals surface area contributed by atoms with Crippen LogP contribution in [0.4, 0.5) is 10.1 Å². The van der Waals surface area contributed by atoms with Crippen LogP contribution in [0.5, 0.6) is 0 Å². The number of rotatable bonds is 5. The summed E-state index contributed by atoms with van der Waals surface area (Å²) in [6, 6.07) is 13.4. The SMILES string of the molecule is COC(=O)/C(=C/C(=O)c1ccc(F)cc1)Nc1ccccc1C#N. The monoisotopic (exact) mass is 324 g/mol. The van der Waals surface area contributed by atoms with Gasteiger partial charge in [-0.25, -0.2) is 9.18 Å². The van der Waals surface area contributed by atoms with Crippen molar-refractivity contribution in [2.24, 2.45) is 0 Å². The highest BCUT2D eigenvalue weighted by atomic mass is 19.1. The number of ether oxygens (including phenoxy) is 1. The molecule has 0 fully saturated rings. The van der Waals surface area contributed by atoms with Gasteiger partial charge in [-0.15, -0.1) is 0 Å². The summed E-state index contributed by atoms with van der Waals surface area (Å²) in [6.07, 6.45) is 1.05. The number of methoxy groups -OCH3 is 1. The van der Waals surface area contributed by atoms with E-state index < -0.39 is 17.6 Å². The fourth-order valence-corrected chi connectivity index (χ4v) is 1.92. The van der Waals surface area contributed by atoms with Crippen LogP contribution in [-0.4, -0.2) is 18.9 Å². The molecule has 0 aliphatic rings. The molecular weight excluding hydrogens is 311 g/mol. The molecule has 0 aromatic heterocycles. The van der Waals surface area contributed by atoms with Crippen LogP contribution < -0.4 is 5.32 Å². The highest BCUT2D eigenvalue weighted by Gasteiger charge is 2.15. The number of esters is 1. The number of benzene rings is 2. The van der Waals surface area contributed by atoms with Gasteiger partial charge in [-0.1, -0.05) is 12.1 Å². The minimum Gasteiger partial charge on any atom is -0.464 e. The molecular formula is C18H13FN2O3. The van der Waals surface area contributed by atoms with Crippen molar-refractivity contribution in [3.8, 4) is 6.07 Å². The summed E-state index contributed by atoms with van der Waals surface area (Å²) < 4.78 is 17.6. The van der Waals surface area contributed by atoms with Gasteiger partial charge in [0.05, 0.1) is 18.4 Å². The Labute approximate surface area is 138 Å². The Morgan fingerprint density at radius 2 is 1.83 bits per heavy atom. The summed E-state index contributed by atoms with van der Waals surface area (Å²) >= 11 is 0. The number of carbonyl (C=O) groups is 2. The Hall–Kier alpha value is -3.46. The van der Waals surface area contributed by atoms with Gasteiger partial charge >= 0.3 is 5.97 Å². The van der Waals surface area contributed by atoms with E-state index in [-0.39, 0.29) is 11.3 Å². The van der Waals surface area contributed by atoms with Crippen LogP contribution in [0.15, 0.2) is 60.3 Å². The third-order valence-electron chi connectivity index (χ3n) is 3.13. The Morgan fingerprint density at radius 1 is 1.17 bits per heavy atom. The van der Waals surface area contributed by atoms with E-state index in [4.69, 9.17) is 5.26 Å². The van der Waals surface area contributed by atoms with E-state index in [1.165, 1.54) is 19.2 Å². The van der Waals surface area contributed by atoms with Crippen molar-refractivity contribution in [3.05, 3.63) is 77.2 Å². The zero-order valence-electron chi connectivity index (χ0n) is 12.7. The highest BCUT2D eigenvalue weighted by molar-refractivity contribution is 6.09. The molecule has 0 amide bonds. The molecule has 6 heteroatoms. The third-order valence-corrected chi connectivity index (χ3v) is 3.13. The number of hydrogen-bond donors (Lipinski definition) is 1. The summed E-state index contributed by atoms with van der Waals surface area (Å²) in [5.41, 5.74) is 0.757. The van der Waals surface area contributed by atoms with Gasteiger partial charge in [0.25, 0.3) is 0 Å². The van der Waals surface area contributed by atoms with E-state index in [2.05, 4.69) is 10.1 Å². The molecule has 5 nitrogen and oxygen atoms in total. The molecule has 0 atom stereocenters. The fourth-order valence-electron chi connectivity index (χ4n) is 1.92. The average Bonchev–Trinajstić information content (AvgIpc) is 2.61. The van der Waals surface area contributed by atoms with Crippen molar-refractivity contribution < 1.29 is 18.7 Å². The number of halogens is 1. The molecule has 0 aliphatic heterocycles. The number of carbonyl (C=O) groups excluding carboxylic acids is 2. The van der Waals surface area contributed by atoms with E-state index in [1.54, 1.807) is 24.3 Å². The first-order valence-electron chi connectivity index (χ1n) is 6.91. The fraction of sp³-hybridized carbons (Fsp3) is 0.0556. The number of hydrogen-bond acceptors (Lipinski definition) is 5. The molecule has 0 aliphatic carbocycles. The van der Waals surface area contributed by atoms with Gasteiger partial charge in [-0.05, 0) is 36.4 Å². The van der Waals surface area contributed by atoms with Crippen molar-refractivity contribution in [1.82, 2.24) is 0 Å². The lowest BCUT2D eigenvalue weighted by atomic mass is 10.1. The minimum absolute atomic E-state index is 0.130. The Kier molecular flexibility index (Phi) is 5.42. The van der Waals surface area contributed by atoms with Gasteiger partial charge in [0.1, 0.15) is 17.6 Å². The summed E-state index contributed by atoms with van der Waals surface area (Å²) in [5, 5.41) is 11.8. The zero-order chi connectivity index (χ0) is 17.5. The minimum atomic E-state index is -0.766. The van der Waals surface area contributed by atoms with Crippen LogP contribution in [0.2, 0.25) is 0 Å². The lowest BCUT2D eigenvalue weighted by Crippen LogP contribution is -2.15. The molecule has 1 N–H and O–H groups in total. The van der Waals surface area contributed by atoms with Gasteiger partial charge in [-0.3, -0.25) is 4.79 Å². The van der Waals surface area contributed by atoms with E-state index in [0.717, 1.165) is 18.2 Å². The second kappa shape index (κ2) is 7.70. The topological polar surface area (TPSA) is 79.2 Å². The van der Waals surface area contributed by atoms with Crippen LogP contribution in [0, 0.1) is 17.1 Å². The Morgan fingerprint density at radius 3 is 2.46 bits per heavy atom. The van der Waals surface area contributed by atoms with Crippen LogP contribution >= 0.6 is 0 Å². The van der Waals surface area contributed by atoms with Crippen molar-refractivity contribution in [3.63, 3.8) is 0 Å². The lowest BCUT2D eigenvalue weighted by Gasteiger charge is -2.10. The summed E-state index contributed by atoms with van der Waals surface area (Å²) in [6.45, 7) is 0. The molecule has 2 rings (SSSR count). The molecule has 2 aromatic carbocycles. The molecule has 0 saturated carbocycles. The Bertz CT molecular complexity index is 836. The first kappa shape index (κ1) is 16.9. The van der Waals surface area contributed by atoms with Crippen LogP contribution in [-0.2, 0) is 9.53 Å². The number of allylic oxidation sites excluding steroid dienone is 1. The van der Waals surface area contributed by atoms with Crippen LogP contribution in [0.3, 0.4) is 0 Å². The van der Waals surface area contributed by atoms with Gasteiger partial charge in [-0.2, -0.15) is 5.26 Å². The number of ketones is 1. The van der Waals surface area contributed by atoms with Crippen molar-refractivity contribution >= 4 is 17.4 Å². The quantitative estimate of drug-likeness (QED) is 0.519. The number of anilines is 1. The van der Waals surface area contributed by atoms with Crippen LogP contribution in [0.1, 0.15) is 15.9 Å². The Balaban J connectivity index is 2.34. The second-order valence-corrected chi connectivity index (χ2v) is 4.70. The molecule has 0 unspecified atom stereocenters. The maximum atomic E-state index is 12.9. The van der Waals surface area contributed by atoms with Crippen molar-refractivity contribution in [2.75, 3.05) is 12.4 Å². The predicted molar refractivity (Wildman–Crippen MR) is 85.6 cm³/mol. The number of para-hydroxylation sites is 1. The summed E-state index contributed by atoms with van der Waals surface area (Å²) in [5.74, 6) is -1.74. The highest BCUT2D eigenvalue weighted by Crippen LogP contribution is 2.17. The maximum absolute atomic E-state index is 12.9. The molecule has 0 bridgehead atoms.